The fourth-order valence-electron chi connectivity index (χ4n) is 9.47. The molecule has 0 unspecified atom stereocenters. The van der Waals surface area contributed by atoms with Crippen molar-refractivity contribution in [1.82, 2.24) is 21.1 Å². The molecule has 3 fully saturated rings. The van der Waals surface area contributed by atoms with Crippen LogP contribution in [0.3, 0.4) is 0 Å². The summed E-state index contributed by atoms with van der Waals surface area (Å²) in [6.07, 6.45) is 20.8. The lowest BCUT2D eigenvalue weighted by molar-refractivity contribution is -0.344. The molecule has 382 valence electrons. The number of rotatable bonds is 13. The minimum Gasteiger partial charge on any atom is -0.543 e. The Labute approximate surface area is 419 Å². The molecule has 6 rings (SSSR count). The number of fused-ring (bicyclic) bond motifs is 4. The van der Waals surface area contributed by atoms with E-state index in [1.54, 1.807) is 0 Å². The summed E-state index contributed by atoms with van der Waals surface area (Å²) in [5.74, 6) is -2.74. The first-order valence-corrected chi connectivity index (χ1v) is 28.9. The van der Waals surface area contributed by atoms with E-state index in [9.17, 15) is 19.2 Å². The third kappa shape index (κ3) is 14.9. The molecule has 5 bridgehead atoms. The number of hydrogen-bond acceptors (Lipinski definition) is 9. The van der Waals surface area contributed by atoms with E-state index in [0.29, 0.717) is 44.4 Å². The molecule has 9 atom stereocenters. The van der Waals surface area contributed by atoms with Gasteiger partial charge in [-0.3, -0.25) is 24.2 Å². The van der Waals surface area contributed by atoms with Crippen molar-refractivity contribution in [3.63, 3.8) is 0 Å². The van der Waals surface area contributed by atoms with Gasteiger partial charge in [-0.2, -0.15) is 0 Å². The van der Waals surface area contributed by atoms with Crippen LogP contribution in [0.4, 0.5) is 0 Å². The first kappa shape index (κ1) is 54.5. The summed E-state index contributed by atoms with van der Waals surface area (Å²) in [6.45, 7) is 20.9. The molecule has 4 heterocycles. The number of aryl methyl sites for hydroxylation is 1. The van der Waals surface area contributed by atoms with Crippen molar-refractivity contribution in [2.45, 2.75) is 186 Å². The summed E-state index contributed by atoms with van der Waals surface area (Å²) < 4.78 is 26.0. The molecule has 0 radical (unpaired) electrons. The maximum Gasteiger partial charge on any atom is 0.325 e. The van der Waals surface area contributed by atoms with Gasteiger partial charge in [0.15, 0.2) is 5.79 Å². The number of benzene rings is 2. The molecule has 3 amide bonds. The molecule has 4 aliphatic rings. The Morgan fingerprint density at radius 1 is 0.943 bits per heavy atom. The average Bonchev–Trinajstić information content (AvgIpc) is 3.31. The highest BCUT2D eigenvalue weighted by Crippen LogP contribution is 2.44. The zero-order valence-electron chi connectivity index (χ0n) is 43.6. The Morgan fingerprint density at radius 2 is 1.70 bits per heavy atom. The number of nitrogens with zero attached hydrogens (tertiary/aromatic N) is 1. The standard InChI is InChI=1S/C57H82N4O8Si/c1-39(2)50-53(63)58-47(38-43-29-23-30-44(37-43)69-70(9,10)56(5,6)7)54(64)61-36-24-31-46(60-61)55(65)66-48(40(3)25-17-13-11-12-14-18-26-42-27-19-15-20-28-42)32-21-16-22-33-49-41(4)51-45(52(62)59-50)34-35-57(8,67-49)68-51/h13,15-17,19-23,25,27-30,33,37,39,41,45-51,60H,11-12,14,18,24,26,31-32,34-36,38H2,1-10H3,(H,58,63)(H,59,62)/b17-13-,21-16+,33-22+,40-25+/t41-,45+,46-,47-,48-,49-,50-,51+,57+/m0/s1. The highest BCUT2D eigenvalue weighted by atomic mass is 28.4. The minimum absolute atomic E-state index is 0.0323. The van der Waals surface area contributed by atoms with Gasteiger partial charge in [-0.05, 0) is 112 Å². The lowest BCUT2D eigenvalue weighted by Gasteiger charge is -2.51. The largest absolute Gasteiger partial charge is 0.543 e. The number of nitrogens with one attached hydrogen (secondary N) is 3. The van der Waals surface area contributed by atoms with Crippen LogP contribution < -0.4 is 20.5 Å². The normalized spacial score (nSPS) is 29.7. The zero-order valence-corrected chi connectivity index (χ0v) is 44.6. The molecular weight excluding hydrogens is 897 g/mol. The van der Waals surface area contributed by atoms with E-state index >= 15 is 0 Å². The van der Waals surface area contributed by atoms with Gasteiger partial charge >= 0.3 is 5.97 Å². The molecule has 0 spiro atoms. The average molecular weight is 979 g/mol. The molecular formula is C57H82N4O8Si. The second kappa shape index (κ2) is 24.5. The molecule has 12 nitrogen and oxygen atoms in total. The van der Waals surface area contributed by atoms with Gasteiger partial charge in [0, 0.05) is 31.7 Å². The van der Waals surface area contributed by atoms with Gasteiger partial charge in [0.2, 0.25) is 20.1 Å². The van der Waals surface area contributed by atoms with Gasteiger partial charge in [0.25, 0.3) is 5.91 Å². The van der Waals surface area contributed by atoms with Gasteiger partial charge in [-0.15, -0.1) is 0 Å². The quantitative estimate of drug-likeness (QED) is 0.0773. The highest BCUT2D eigenvalue weighted by molar-refractivity contribution is 6.74. The van der Waals surface area contributed by atoms with Crippen LogP contribution in [0.5, 0.6) is 5.75 Å². The van der Waals surface area contributed by atoms with Crippen molar-refractivity contribution in [2.75, 3.05) is 6.54 Å². The minimum atomic E-state index is -2.20. The topological polar surface area (TPSA) is 145 Å². The van der Waals surface area contributed by atoms with Gasteiger partial charge in [0.05, 0.1) is 18.1 Å². The molecule has 13 heteroatoms. The number of cyclic esters (lactones) is 1. The summed E-state index contributed by atoms with van der Waals surface area (Å²) >= 11 is 0. The number of amides is 3. The lowest BCUT2D eigenvalue weighted by Crippen LogP contribution is -2.63. The molecule has 2 aromatic carbocycles. The highest BCUT2D eigenvalue weighted by Gasteiger charge is 2.52. The second-order valence-electron chi connectivity index (χ2n) is 22.0. The van der Waals surface area contributed by atoms with Crippen LogP contribution in [0.2, 0.25) is 18.1 Å². The SMILES string of the molecule is C/C(=C\C=C/CCCCCc1ccccc1)[C@@H]1C/C=C/C=C/[C@@H]2O[C@@]3(C)CC[C@@H](C(=O)N[C@@H](C(C)C)C(=O)N[C@@H](Cc4cccc(O[Si](C)(C)C(C)(C)C)c4)C(=O)N4CCC[C@H](N4)C(=O)O1)[C@H](O3)[C@H]2C. The van der Waals surface area contributed by atoms with E-state index in [1.165, 1.54) is 10.6 Å². The van der Waals surface area contributed by atoms with Gasteiger partial charge < -0.3 is 29.3 Å². The van der Waals surface area contributed by atoms with Crippen molar-refractivity contribution in [3.8, 4) is 5.75 Å². The number of unbranched alkanes of at least 4 members (excludes halogenated alkanes) is 3. The van der Waals surface area contributed by atoms with Gasteiger partial charge in [-0.1, -0.05) is 133 Å². The van der Waals surface area contributed by atoms with Crippen LogP contribution in [-0.4, -0.2) is 85.8 Å². The summed E-state index contributed by atoms with van der Waals surface area (Å²) in [4.78, 5) is 57.9. The number of carbonyl (C=O) groups is 4. The van der Waals surface area contributed by atoms with Crippen molar-refractivity contribution in [3.05, 3.63) is 114 Å². The fraction of sp³-hybridized carbons (Fsp3) is 0.579. The Kier molecular flexibility index (Phi) is 19.1. The zero-order chi connectivity index (χ0) is 50.6. The number of hydrogen-bond donors (Lipinski definition) is 3. The second-order valence-corrected chi connectivity index (χ2v) is 26.7. The van der Waals surface area contributed by atoms with Crippen molar-refractivity contribution in [1.29, 1.82) is 0 Å². The first-order valence-electron chi connectivity index (χ1n) is 26.0. The van der Waals surface area contributed by atoms with Crippen LogP contribution >= 0.6 is 0 Å². The number of allylic oxidation sites excluding steroid dienone is 5. The maximum atomic E-state index is 14.8. The third-order valence-corrected chi connectivity index (χ3v) is 19.3. The molecule has 3 N–H and O–H groups in total. The van der Waals surface area contributed by atoms with E-state index in [-0.39, 0.29) is 35.3 Å². The lowest BCUT2D eigenvalue weighted by atomic mass is 9.79. The van der Waals surface area contributed by atoms with Gasteiger partial charge in [0.1, 0.15) is 30.0 Å². The number of esters is 1. The Bertz CT molecular complexity index is 2220. The van der Waals surface area contributed by atoms with E-state index < -0.39 is 68.1 Å². The summed E-state index contributed by atoms with van der Waals surface area (Å²) in [6, 6.07) is 15.5. The predicted octanol–water partition coefficient (Wildman–Crippen LogP) is 10.0. The van der Waals surface area contributed by atoms with E-state index in [1.807, 2.05) is 95.3 Å². The summed E-state index contributed by atoms with van der Waals surface area (Å²) in [5.41, 5.74) is 6.26. The van der Waals surface area contributed by atoms with Crippen LogP contribution in [0.1, 0.15) is 124 Å². The van der Waals surface area contributed by atoms with Gasteiger partial charge in [-0.25, -0.2) is 5.43 Å². The summed E-state index contributed by atoms with van der Waals surface area (Å²) in [7, 11) is -2.20. The maximum absolute atomic E-state index is 14.8. The van der Waals surface area contributed by atoms with E-state index in [2.05, 4.69) is 86.3 Å². The van der Waals surface area contributed by atoms with Crippen molar-refractivity contribution >= 4 is 32.0 Å². The Hall–Kier alpha value is -4.82. The molecule has 70 heavy (non-hydrogen) atoms. The molecule has 0 aromatic heterocycles. The number of carbonyl (C=O) groups excluding carboxylic acids is 4. The first-order chi connectivity index (χ1) is 33.2. The van der Waals surface area contributed by atoms with E-state index in [0.717, 1.165) is 43.2 Å². The number of ether oxygens (including phenoxy) is 3. The van der Waals surface area contributed by atoms with E-state index in [4.69, 9.17) is 18.6 Å². The monoisotopic (exact) mass is 979 g/mol. The number of hydrazine groups is 1. The molecule has 0 aliphatic carbocycles. The Balaban J connectivity index is 1.26. The molecule has 2 aromatic rings. The predicted molar refractivity (Wildman–Crippen MR) is 279 cm³/mol. The van der Waals surface area contributed by atoms with Crippen molar-refractivity contribution in [2.24, 2.45) is 17.8 Å². The van der Waals surface area contributed by atoms with Crippen LogP contribution in [0.15, 0.2) is 103 Å². The molecule has 4 aliphatic heterocycles. The van der Waals surface area contributed by atoms with Crippen LogP contribution in [-0.2, 0) is 46.2 Å². The third-order valence-electron chi connectivity index (χ3n) is 14.9. The smallest absolute Gasteiger partial charge is 0.325 e. The Morgan fingerprint density at radius 3 is 2.44 bits per heavy atom. The summed E-state index contributed by atoms with van der Waals surface area (Å²) in [5, 5.41) is 7.57. The molecule has 3 saturated heterocycles. The fourth-order valence-corrected chi connectivity index (χ4v) is 10.5. The molecule has 0 saturated carbocycles. The van der Waals surface area contributed by atoms with Crippen LogP contribution in [0, 0.1) is 17.8 Å². The van der Waals surface area contributed by atoms with Crippen LogP contribution in [0.25, 0.3) is 0 Å². The van der Waals surface area contributed by atoms with Crippen molar-refractivity contribution < 1.29 is 37.8 Å².